The molecule has 1 aromatic heterocycles. The topological polar surface area (TPSA) is 124 Å². The van der Waals surface area contributed by atoms with Crippen LogP contribution in [-0.4, -0.2) is 90.7 Å². The molecule has 1 aliphatic heterocycles. The summed E-state index contributed by atoms with van der Waals surface area (Å²) in [6.45, 7) is 7.38. The van der Waals surface area contributed by atoms with E-state index in [0.29, 0.717) is 50.3 Å². The van der Waals surface area contributed by atoms with Crippen molar-refractivity contribution in [3.05, 3.63) is 65.4 Å². The molecule has 1 aliphatic rings. The number of unbranched alkanes of at least 4 members (excludes halogenated alkanes) is 2. The van der Waals surface area contributed by atoms with Crippen LogP contribution in [0.1, 0.15) is 60.6 Å². The molecule has 0 saturated carbocycles. The van der Waals surface area contributed by atoms with E-state index in [1.807, 2.05) is 60.4 Å². The number of ketones is 1. The number of benzene rings is 2. The number of carbonyl (C=O) groups is 4. The smallest absolute Gasteiger partial charge is 0.253 e. The lowest BCUT2D eigenvalue weighted by atomic mass is 10.0. The number of amides is 3. The van der Waals surface area contributed by atoms with Gasteiger partial charge in [0.05, 0.1) is 13.5 Å². The fourth-order valence-corrected chi connectivity index (χ4v) is 5.69. The molecule has 0 bridgehead atoms. The Morgan fingerprint density at radius 3 is 2.43 bits per heavy atom. The maximum absolute atomic E-state index is 13.3. The number of rotatable bonds is 15. The van der Waals surface area contributed by atoms with E-state index in [2.05, 4.69) is 20.5 Å². The molecular weight excluding hydrogens is 558 g/mol. The van der Waals surface area contributed by atoms with Crippen molar-refractivity contribution in [2.24, 2.45) is 0 Å². The van der Waals surface area contributed by atoms with Gasteiger partial charge in [-0.1, -0.05) is 31.0 Å². The number of piperazine rings is 1. The first-order valence-corrected chi connectivity index (χ1v) is 15.5. The van der Waals surface area contributed by atoms with Gasteiger partial charge in [-0.05, 0) is 62.6 Å². The van der Waals surface area contributed by atoms with Crippen LogP contribution in [0.2, 0.25) is 0 Å². The highest BCUT2D eigenvalue weighted by atomic mass is 16.5. The number of H-pyrrole nitrogens is 1. The van der Waals surface area contributed by atoms with Crippen LogP contribution in [0.4, 0.5) is 0 Å². The zero-order chi connectivity index (χ0) is 31.5. The van der Waals surface area contributed by atoms with Crippen molar-refractivity contribution < 1.29 is 23.9 Å². The molecule has 1 atom stereocenters. The summed E-state index contributed by atoms with van der Waals surface area (Å²) in [7, 11) is 1.61. The third kappa shape index (κ3) is 9.16. The van der Waals surface area contributed by atoms with E-state index in [0.717, 1.165) is 54.5 Å². The van der Waals surface area contributed by atoms with E-state index in [1.165, 1.54) is 0 Å². The summed E-state index contributed by atoms with van der Waals surface area (Å²) < 4.78 is 5.37. The van der Waals surface area contributed by atoms with Gasteiger partial charge in [-0.3, -0.25) is 19.3 Å². The molecule has 0 radical (unpaired) electrons. The first kappa shape index (κ1) is 32.7. The van der Waals surface area contributed by atoms with E-state index in [4.69, 9.17) is 4.74 Å². The van der Waals surface area contributed by atoms with E-state index >= 15 is 0 Å². The minimum atomic E-state index is -0.666. The fraction of sp³-hybridized carbons (Fsp3) is 0.471. The highest BCUT2D eigenvalue weighted by molar-refractivity contribution is 5.94. The first-order chi connectivity index (χ1) is 21.2. The molecule has 10 heteroatoms. The Morgan fingerprint density at radius 2 is 1.73 bits per heavy atom. The van der Waals surface area contributed by atoms with Gasteiger partial charge in [0.25, 0.3) is 5.91 Å². The molecular formula is C34H45N5O5. The number of methoxy groups -OCH3 is 1. The third-order valence-electron chi connectivity index (χ3n) is 8.24. The molecule has 1 fully saturated rings. The SMILES string of the molecule is COc1ccc2[nH]c(C)c(CC(=O)N[C@@H](CCCCCC(C)=O)C(=O)NCCN3CCN(C(=O)c4ccccc4)CC3)c2c1. The second kappa shape index (κ2) is 16.0. The van der Waals surface area contributed by atoms with Crippen molar-refractivity contribution in [3.63, 3.8) is 0 Å². The van der Waals surface area contributed by atoms with Crippen molar-refractivity contribution in [3.8, 4) is 5.75 Å². The fourth-order valence-electron chi connectivity index (χ4n) is 5.69. The van der Waals surface area contributed by atoms with Crippen LogP contribution in [0, 0.1) is 6.92 Å². The number of Topliss-reactive ketones (excluding diaryl/α,β-unsaturated/α-hetero) is 1. The molecule has 44 heavy (non-hydrogen) atoms. The second-order valence-corrected chi connectivity index (χ2v) is 11.5. The van der Waals surface area contributed by atoms with Crippen molar-refractivity contribution in [1.82, 2.24) is 25.4 Å². The minimum Gasteiger partial charge on any atom is -0.497 e. The van der Waals surface area contributed by atoms with E-state index in [-0.39, 0.29) is 29.9 Å². The summed E-state index contributed by atoms with van der Waals surface area (Å²) in [4.78, 5) is 58.0. The molecule has 3 amide bonds. The monoisotopic (exact) mass is 603 g/mol. The number of hydrogen-bond donors (Lipinski definition) is 3. The molecule has 4 rings (SSSR count). The van der Waals surface area contributed by atoms with Crippen LogP contribution in [0.15, 0.2) is 48.5 Å². The van der Waals surface area contributed by atoms with Gasteiger partial charge >= 0.3 is 0 Å². The van der Waals surface area contributed by atoms with Gasteiger partial charge in [0, 0.05) is 67.8 Å². The van der Waals surface area contributed by atoms with Gasteiger partial charge < -0.3 is 30.0 Å². The molecule has 10 nitrogen and oxygen atoms in total. The number of hydrogen-bond acceptors (Lipinski definition) is 6. The number of aromatic amines is 1. The van der Waals surface area contributed by atoms with Crippen molar-refractivity contribution in [2.45, 2.75) is 58.4 Å². The van der Waals surface area contributed by atoms with Crippen LogP contribution in [0.3, 0.4) is 0 Å². The summed E-state index contributed by atoms with van der Waals surface area (Å²) in [6, 6.07) is 14.4. The highest BCUT2D eigenvalue weighted by Gasteiger charge is 2.24. The molecule has 0 spiro atoms. The van der Waals surface area contributed by atoms with Gasteiger partial charge in [0.2, 0.25) is 11.8 Å². The van der Waals surface area contributed by atoms with Crippen molar-refractivity contribution >= 4 is 34.4 Å². The van der Waals surface area contributed by atoms with E-state index in [9.17, 15) is 19.2 Å². The maximum Gasteiger partial charge on any atom is 0.253 e. The Labute approximate surface area is 259 Å². The number of ether oxygens (including phenoxy) is 1. The zero-order valence-electron chi connectivity index (χ0n) is 26.1. The van der Waals surface area contributed by atoms with E-state index < -0.39 is 6.04 Å². The van der Waals surface area contributed by atoms with Gasteiger partial charge in [0.1, 0.15) is 17.6 Å². The molecule has 3 N–H and O–H groups in total. The Hall–Kier alpha value is -4.18. The summed E-state index contributed by atoms with van der Waals surface area (Å²) >= 11 is 0. The number of nitrogens with zero attached hydrogens (tertiary/aromatic N) is 2. The number of aromatic nitrogens is 1. The van der Waals surface area contributed by atoms with Crippen LogP contribution in [0.25, 0.3) is 10.9 Å². The molecule has 1 saturated heterocycles. The first-order valence-electron chi connectivity index (χ1n) is 15.5. The van der Waals surface area contributed by atoms with Crippen LogP contribution in [0.5, 0.6) is 5.75 Å². The normalized spacial score (nSPS) is 14.3. The molecule has 0 unspecified atom stereocenters. The Balaban J connectivity index is 1.29. The zero-order valence-corrected chi connectivity index (χ0v) is 26.1. The third-order valence-corrected chi connectivity index (χ3v) is 8.24. The molecule has 0 aliphatic carbocycles. The number of fused-ring (bicyclic) bond motifs is 1. The molecule has 2 aromatic carbocycles. The number of aryl methyl sites for hydroxylation is 1. The average molecular weight is 604 g/mol. The van der Waals surface area contributed by atoms with E-state index in [1.54, 1.807) is 14.0 Å². The van der Waals surface area contributed by atoms with Gasteiger partial charge in [0.15, 0.2) is 0 Å². The maximum atomic E-state index is 13.3. The molecule has 2 heterocycles. The lowest BCUT2D eigenvalue weighted by molar-refractivity contribution is -0.129. The lowest BCUT2D eigenvalue weighted by Gasteiger charge is -2.34. The van der Waals surface area contributed by atoms with Gasteiger partial charge in [-0.15, -0.1) is 0 Å². The Morgan fingerprint density at radius 1 is 0.977 bits per heavy atom. The van der Waals surface area contributed by atoms with Gasteiger partial charge in [-0.2, -0.15) is 0 Å². The standard InChI is InChI=1S/C34H45N5O5/c1-24(40)10-6-4-9-13-31(37-32(41)23-28-25(2)36-30-15-14-27(44-3)22-29(28)30)33(42)35-16-17-38-18-20-39(21-19-38)34(43)26-11-7-5-8-12-26/h5,7-8,11-12,14-15,22,31,36H,4,6,9-10,13,16-21,23H2,1-3H3,(H,35,42)(H,37,41)/t31-/m0/s1. The number of nitrogens with one attached hydrogen (secondary N) is 3. The Bertz CT molecular complexity index is 1430. The van der Waals surface area contributed by atoms with Crippen molar-refractivity contribution in [1.29, 1.82) is 0 Å². The largest absolute Gasteiger partial charge is 0.497 e. The number of carbonyl (C=O) groups excluding carboxylic acids is 4. The predicted molar refractivity (Wildman–Crippen MR) is 171 cm³/mol. The summed E-state index contributed by atoms with van der Waals surface area (Å²) in [5.74, 6) is 0.483. The lowest BCUT2D eigenvalue weighted by Crippen LogP contribution is -2.52. The van der Waals surface area contributed by atoms with Crippen LogP contribution < -0.4 is 15.4 Å². The minimum absolute atomic E-state index is 0.0439. The quantitative estimate of drug-likeness (QED) is 0.228. The average Bonchev–Trinajstić information content (AvgIpc) is 3.33. The highest BCUT2D eigenvalue weighted by Crippen LogP contribution is 2.27. The van der Waals surface area contributed by atoms with Crippen LogP contribution in [-0.2, 0) is 20.8 Å². The summed E-state index contributed by atoms with van der Waals surface area (Å²) in [5, 5.41) is 6.92. The molecule has 236 valence electrons. The Kier molecular flexibility index (Phi) is 11.9. The van der Waals surface area contributed by atoms with Crippen molar-refractivity contribution in [2.75, 3.05) is 46.4 Å². The summed E-state index contributed by atoms with van der Waals surface area (Å²) in [6.07, 6.45) is 3.47. The molecule has 3 aromatic rings. The van der Waals surface area contributed by atoms with Crippen LogP contribution >= 0.6 is 0 Å². The summed E-state index contributed by atoms with van der Waals surface area (Å²) in [5.41, 5.74) is 3.40. The predicted octanol–water partition coefficient (Wildman–Crippen LogP) is 3.63. The second-order valence-electron chi connectivity index (χ2n) is 11.5. The van der Waals surface area contributed by atoms with Gasteiger partial charge in [-0.25, -0.2) is 0 Å².